The van der Waals surface area contributed by atoms with Crippen molar-refractivity contribution in [2.24, 2.45) is 0 Å². The Kier molecular flexibility index (Phi) is 5.57. The van der Waals surface area contributed by atoms with Crippen molar-refractivity contribution in [2.45, 2.75) is 31.5 Å². The lowest BCUT2D eigenvalue weighted by atomic mass is 10.1. The largest absolute Gasteiger partial charge is 0.324 e. The number of hydrogen-bond acceptors (Lipinski definition) is 5. The van der Waals surface area contributed by atoms with Crippen LogP contribution in [0.2, 0.25) is 0 Å². The fourth-order valence-electron chi connectivity index (χ4n) is 4.01. The van der Waals surface area contributed by atoms with Crippen LogP contribution in [0, 0.1) is 19.7 Å². The third-order valence-corrected chi connectivity index (χ3v) is 7.17. The number of aromatic nitrogens is 4. The number of rotatable bonds is 4. The number of halogens is 2. The Morgan fingerprint density at radius 2 is 2.09 bits per heavy atom. The lowest BCUT2D eigenvalue weighted by Gasteiger charge is -2.14. The number of carbonyl (C=O) groups excluding carboxylic acids is 1. The average Bonchev–Trinajstić information content (AvgIpc) is 3.35. The van der Waals surface area contributed by atoms with Crippen LogP contribution in [-0.4, -0.2) is 31.0 Å². The van der Waals surface area contributed by atoms with Crippen LogP contribution < -0.4 is 10.9 Å². The molecular weight excluding hydrogens is 509 g/mol. The number of hydrogen-bond donors (Lipinski definition) is 1. The summed E-state index contributed by atoms with van der Waals surface area (Å²) in [5, 5.41) is 7.96. The van der Waals surface area contributed by atoms with E-state index in [0.29, 0.717) is 26.4 Å². The van der Waals surface area contributed by atoms with Crippen molar-refractivity contribution in [1.82, 2.24) is 19.3 Å². The maximum atomic E-state index is 14.1. The van der Waals surface area contributed by atoms with Crippen molar-refractivity contribution in [3.05, 3.63) is 74.4 Å². The zero-order chi connectivity index (χ0) is 23.3. The van der Waals surface area contributed by atoms with Crippen molar-refractivity contribution in [2.75, 3.05) is 11.1 Å². The van der Waals surface area contributed by atoms with Crippen LogP contribution in [0.15, 0.2) is 57.0 Å². The van der Waals surface area contributed by atoms with Gasteiger partial charge in [0.15, 0.2) is 10.8 Å². The first kappa shape index (κ1) is 21.8. The van der Waals surface area contributed by atoms with Crippen molar-refractivity contribution < 1.29 is 9.18 Å². The highest BCUT2D eigenvalue weighted by atomic mass is 79.9. The second-order valence-electron chi connectivity index (χ2n) is 7.99. The number of amides is 1. The summed E-state index contributed by atoms with van der Waals surface area (Å²) in [6.45, 7) is 4.02. The third-order valence-electron chi connectivity index (χ3n) is 5.58. The van der Waals surface area contributed by atoms with Gasteiger partial charge in [-0.1, -0.05) is 45.4 Å². The van der Waals surface area contributed by atoms with Crippen molar-refractivity contribution in [3.8, 4) is 5.69 Å². The van der Waals surface area contributed by atoms with Crippen LogP contribution in [0.3, 0.4) is 0 Å². The van der Waals surface area contributed by atoms with Crippen LogP contribution in [0.5, 0.6) is 0 Å². The van der Waals surface area contributed by atoms with E-state index in [9.17, 15) is 14.0 Å². The first-order valence-corrected chi connectivity index (χ1v) is 12.1. The standard InChI is InChI=1S/C23H19BrFN5O2S/c1-12-3-6-19(13(2)7-12)30-21-16(10-26-30)22(32)29-15(11-33-23(29)28-21)9-20(31)27-18-5-4-14(24)8-17(18)25/h3-8,10,15H,9,11H2,1-2H3,(H,27,31). The Bertz CT molecular complexity index is 1480. The minimum absolute atomic E-state index is 0.0355. The van der Waals surface area contributed by atoms with Gasteiger partial charge in [-0.2, -0.15) is 5.10 Å². The van der Waals surface area contributed by atoms with Gasteiger partial charge in [0, 0.05) is 16.6 Å². The van der Waals surface area contributed by atoms with Gasteiger partial charge in [0.25, 0.3) is 5.56 Å². The normalized spacial score (nSPS) is 15.1. The number of nitrogens with zero attached hydrogens (tertiary/aromatic N) is 4. The first-order chi connectivity index (χ1) is 15.8. The fraction of sp³-hybridized carbons (Fsp3) is 0.217. The summed E-state index contributed by atoms with van der Waals surface area (Å²) in [5.41, 5.74) is 3.40. The van der Waals surface area contributed by atoms with E-state index >= 15 is 0 Å². The highest BCUT2D eigenvalue weighted by Gasteiger charge is 2.30. The second kappa shape index (κ2) is 8.42. The minimum Gasteiger partial charge on any atom is -0.324 e. The Balaban J connectivity index is 1.45. The average molecular weight is 528 g/mol. The van der Waals surface area contributed by atoms with Crippen molar-refractivity contribution in [3.63, 3.8) is 0 Å². The van der Waals surface area contributed by atoms with Gasteiger partial charge in [-0.05, 0) is 43.7 Å². The van der Waals surface area contributed by atoms with Crippen LogP contribution in [0.25, 0.3) is 16.7 Å². The van der Waals surface area contributed by atoms with Gasteiger partial charge >= 0.3 is 0 Å². The van der Waals surface area contributed by atoms with E-state index in [4.69, 9.17) is 4.98 Å². The Morgan fingerprint density at radius 1 is 1.27 bits per heavy atom. The predicted octanol–water partition coefficient (Wildman–Crippen LogP) is 4.78. The van der Waals surface area contributed by atoms with Crippen LogP contribution in [0.1, 0.15) is 23.6 Å². The van der Waals surface area contributed by atoms with Gasteiger partial charge in [0.2, 0.25) is 5.91 Å². The van der Waals surface area contributed by atoms with E-state index in [1.165, 1.54) is 30.1 Å². The summed E-state index contributed by atoms with van der Waals surface area (Å²) in [4.78, 5) is 30.6. The molecule has 1 aliphatic rings. The Labute approximate surface area is 201 Å². The second-order valence-corrected chi connectivity index (χ2v) is 9.90. The molecule has 0 fully saturated rings. The molecule has 2 aromatic carbocycles. The summed E-state index contributed by atoms with van der Waals surface area (Å²) in [7, 11) is 0. The monoisotopic (exact) mass is 527 g/mol. The van der Waals surface area contributed by atoms with Crippen LogP contribution in [0.4, 0.5) is 10.1 Å². The molecule has 0 saturated heterocycles. The first-order valence-electron chi connectivity index (χ1n) is 10.3. The van der Waals surface area contributed by atoms with Gasteiger partial charge in [0.05, 0.1) is 23.6 Å². The van der Waals surface area contributed by atoms with E-state index in [1.807, 2.05) is 26.0 Å². The van der Waals surface area contributed by atoms with Gasteiger partial charge in [0.1, 0.15) is 11.2 Å². The molecule has 0 aliphatic carbocycles. The number of nitrogens with one attached hydrogen (secondary N) is 1. The molecular formula is C23H19BrFN5O2S. The lowest BCUT2D eigenvalue weighted by molar-refractivity contribution is -0.116. The summed E-state index contributed by atoms with van der Waals surface area (Å²) in [6.07, 6.45) is 1.56. The zero-order valence-electron chi connectivity index (χ0n) is 17.8. The molecule has 7 nitrogen and oxygen atoms in total. The quantitative estimate of drug-likeness (QED) is 0.386. The topological polar surface area (TPSA) is 81.8 Å². The zero-order valence-corrected chi connectivity index (χ0v) is 20.2. The molecule has 3 heterocycles. The SMILES string of the molecule is Cc1ccc(-n2ncc3c(=O)n4c(nc32)SCC4CC(=O)Nc2ccc(Br)cc2F)c(C)c1. The molecule has 5 rings (SSSR count). The van der Waals surface area contributed by atoms with Gasteiger partial charge in [-0.15, -0.1) is 0 Å². The highest BCUT2D eigenvalue weighted by molar-refractivity contribution is 9.10. The molecule has 0 radical (unpaired) electrons. The lowest BCUT2D eigenvalue weighted by Crippen LogP contribution is -2.28. The number of aryl methyl sites for hydroxylation is 2. The maximum Gasteiger partial charge on any atom is 0.265 e. The van der Waals surface area contributed by atoms with E-state index in [1.54, 1.807) is 15.3 Å². The van der Waals surface area contributed by atoms with Gasteiger partial charge in [-0.25, -0.2) is 14.1 Å². The number of thioether (sulfide) groups is 1. The predicted molar refractivity (Wildman–Crippen MR) is 130 cm³/mol. The van der Waals surface area contributed by atoms with Crippen LogP contribution in [-0.2, 0) is 4.79 Å². The van der Waals surface area contributed by atoms with E-state index in [2.05, 4.69) is 32.4 Å². The van der Waals surface area contributed by atoms with E-state index in [-0.39, 0.29) is 29.6 Å². The van der Waals surface area contributed by atoms with E-state index in [0.717, 1.165) is 16.8 Å². The van der Waals surface area contributed by atoms with Crippen LogP contribution >= 0.6 is 27.7 Å². The molecule has 33 heavy (non-hydrogen) atoms. The Hall–Kier alpha value is -2.98. The molecule has 0 spiro atoms. The molecule has 1 unspecified atom stereocenters. The molecule has 1 N–H and O–H groups in total. The summed E-state index contributed by atoms with van der Waals surface area (Å²) < 4.78 is 17.9. The summed E-state index contributed by atoms with van der Waals surface area (Å²) in [5.74, 6) is -0.367. The molecule has 2 aromatic heterocycles. The van der Waals surface area contributed by atoms with Gasteiger partial charge < -0.3 is 5.32 Å². The number of carbonyl (C=O) groups is 1. The molecule has 168 valence electrons. The maximum absolute atomic E-state index is 14.1. The highest BCUT2D eigenvalue weighted by Crippen LogP contribution is 2.34. The molecule has 10 heteroatoms. The van der Waals surface area contributed by atoms with E-state index < -0.39 is 5.82 Å². The smallest absolute Gasteiger partial charge is 0.265 e. The summed E-state index contributed by atoms with van der Waals surface area (Å²) in [6, 6.07) is 10.1. The minimum atomic E-state index is -0.529. The number of benzene rings is 2. The molecule has 4 aromatic rings. The molecule has 1 atom stereocenters. The van der Waals surface area contributed by atoms with Gasteiger partial charge in [-0.3, -0.25) is 14.2 Å². The molecule has 1 amide bonds. The van der Waals surface area contributed by atoms with Crippen molar-refractivity contribution >= 4 is 50.3 Å². The fourth-order valence-corrected chi connectivity index (χ4v) is 5.47. The Morgan fingerprint density at radius 3 is 2.85 bits per heavy atom. The third kappa shape index (κ3) is 3.97. The number of anilines is 1. The molecule has 0 saturated carbocycles. The number of fused-ring (bicyclic) bond motifs is 2. The van der Waals surface area contributed by atoms with Crippen molar-refractivity contribution in [1.29, 1.82) is 0 Å². The molecule has 0 bridgehead atoms. The molecule has 1 aliphatic heterocycles. The summed E-state index contributed by atoms with van der Waals surface area (Å²) >= 11 is 4.62.